The maximum absolute atomic E-state index is 13.0. The van der Waals surface area contributed by atoms with Crippen LogP contribution in [0.4, 0.5) is 4.39 Å². The molecule has 3 rings (SSSR count). The summed E-state index contributed by atoms with van der Waals surface area (Å²) in [6, 6.07) is 7.69. The molecule has 122 valence electrons. The summed E-state index contributed by atoms with van der Waals surface area (Å²) in [5.74, 6) is -0.393. The quantitative estimate of drug-likeness (QED) is 0.881. The van der Waals surface area contributed by atoms with Crippen LogP contribution in [-0.2, 0) is 0 Å². The van der Waals surface area contributed by atoms with Crippen molar-refractivity contribution in [3.63, 3.8) is 0 Å². The number of aliphatic hydroxyl groups excluding tert-OH is 1. The van der Waals surface area contributed by atoms with Gasteiger partial charge in [-0.15, -0.1) is 0 Å². The van der Waals surface area contributed by atoms with Crippen molar-refractivity contribution in [1.82, 2.24) is 20.0 Å². The van der Waals surface area contributed by atoms with Gasteiger partial charge in [0.1, 0.15) is 11.5 Å². The highest BCUT2D eigenvalue weighted by molar-refractivity contribution is 5.93. The van der Waals surface area contributed by atoms with Crippen molar-refractivity contribution in [1.29, 1.82) is 0 Å². The van der Waals surface area contributed by atoms with Gasteiger partial charge in [0.05, 0.1) is 12.3 Å². The number of rotatable bonds is 4. The molecule has 1 saturated heterocycles. The third-order valence-corrected chi connectivity index (χ3v) is 4.02. The zero-order valence-electron chi connectivity index (χ0n) is 12.7. The number of hydrogen-bond acceptors (Lipinski definition) is 4. The third-order valence-electron chi connectivity index (χ3n) is 4.02. The Morgan fingerprint density at radius 2 is 1.91 bits per heavy atom. The van der Waals surface area contributed by atoms with Gasteiger partial charge >= 0.3 is 0 Å². The minimum atomic E-state index is -0.304. The van der Waals surface area contributed by atoms with Gasteiger partial charge in [-0.3, -0.25) is 14.8 Å². The Kier molecular flexibility index (Phi) is 4.68. The lowest BCUT2D eigenvalue weighted by molar-refractivity contribution is 0.0609. The van der Waals surface area contributed by atoms with Crippen molar-refractivity contribution in [2.75, 3.05) is 39.3 Å². The van der Waals surface area contributed by atoms with Gasteiger partial charge in [0, 0.05) is 38.3 Å². The summed E-state index contributed by atoms with van der Waals surface area (Å²) in [6.45, 7) is 3.54. The maximum Gasteiger partial charge on any atom is 0.271 e. The van der Waals surface area contributed by atoms with Crippen LogP contribution in [0.1, 0.15) is 10.5 Å². The molecule has 1 fully saturated rings. The number of carbonyl (C=O) groups excluding carboxylic acids is 1. The standard InChI is InChI=1S/C16H19FN4O2/c17-13-3-1-12(2-4-13)14-11-15(19-18-14)16(23)21-7-5-20(6-8-21)9-10-22/h1-4,11,22H,5-10H2,(H,18,19). The summed E-state index contributed by atoms with van der Waals surface area (Å²) in [5, 5.41) is 15.8. The lowest BCUT2D eigenvalue weighted by Gasteiger charge is -2.34. The summed E-state index contributed by atoms with van der Waals surface area (Å²) < 4.78 is 13.0. The van der Waals surface area contributed by atoms with Gasteiger partial charge in [-0.05, 0) is 30.3 Å². The molecule has 2 aromatic rings. The normalized spacial score (nSPS) is 15.8. The average Bonchev–Trinajstić information content (AvgIpc) is 3.06. The van der Waals surface area contributed by atoms with E-state index in [2.05, 4.69) is 15.1 Å². The van der Waals surface area contributed by atoms with Gasteiger partial charge in [0.2, 0.25) is 0 Å². The minimum Gasteiger partial charge on any atom is -0.395 e. The van der Waals surface area contributed by atoms with Crippen LogP contribution in [0.5, 0.6) is 0 Å². The van der Waals surface area contributed by atoms with Crippen molar-refractivity contribution in [3.05, 3.63) is 41.8 Å². The number of β-amino-alcohol motifs (C(OH)–C–C–N with tert-alkyl or cyclic N) is 1. The Balaban J connectivity index is 1.66. The van der Waals surface area contributed by atoms with Crippen LogP contribution < -0.4 is 0 Å². The Bertz CT molecular complexity index is 663. The number of aliphatic hydroxyl groups is 1. The van der Waals surface area contributed by atoms with E-state index in [0.29, 0.717) is 31.0 Å². The fourth-order valence-corrected chi connectivity index (χ4v) is 2.69. The molecule has 1 aromatic carbocycles. The van der Waals surface area contributed by atoms with E-state index in [0.717, 1.165) is 18.7 Å². The number of piperazine rings is 1. The highest BCUT2D eigenvalue weighted by Gasteiger charge is 2.23. The first-order chi connectivity index (χ1) is 11.2. The highest BCUT2D eigenvalue weighted by atomic mass is 19.1. The molecular formula is C16H19FN4O2. The molecule has 0 unspecified atom stereocenters. The fourth-order valence-electron chi connectivity index (χ4n) is 2.69. The topological polar surface area (TPSA) is 72.5 Å². The van der Waals surface area contributed by atoms with E-state index in [1.807, 2.05) is 0 Å². The maximum atomic E-state index is 13.0. The largest absolute Gasteiger partial charge is 0.395 e. The predicted octanol–water partition coefficient (Wildman–Crippen LogP) is 0.966. The van der Waals surface area contributed by atoms with Crippen molar-refractivity contribution in [2.45, 2.75) is 0 Å². The van der Waals surface area contributed by atoms with Gasteiger partial charge in [0.15, 0.2) is 0 Å². The number of hydrogen-bond donors (Lipinski definition) is 2. The van der Waals surface area contributed by atoms with Gasteiger partial charge in [-0.1, -0.05) is 0 Å². The number of carbonyl (C=O) groups is 1. The SMILES string of the molecule is O=C(c1cc(-c2ccc(F)cc2)n[nH]1)N1CCN(CCO)CC1. The van der Waals surface area contributed by atoms with Crippen molar-refractivity contribution < 1.29 is 14.3 Å². The summed E-state index contributed by atoms with van der Waals surface area (Å²) in [5.41, 5.74) is 1.81. The highest BCUT2D eigenvalue weighted by Crippen LogP contribution is 2.19. The van der Waals surface area contributed by atoms with E-state index in [4.69, 9.17) is 5.11 Å². The van der Waals surface area contributed by atoms with Gasteiger partial charge in [-0.25, -0.2) is 4.39 Å². The Labute approximate surface area is 133 Å². The third kappa shape index (κ3) is 3.57. The summed E-state index contributed by atoms with van der Waals surface area (Å²) in [7, 11) is 0. The molecule has 0 spiro atoms. The number of aromatic amines is 1. The smallest absolute Gasteiger partial charge is 0.271 e. The van der Waals surface area contributed by atoms with Gasteiger partial charge in [0.25, 0.3) is 5.91 Å². The molecule has 2 heterocycles. The zero-order chi connectivity index (χ0) is 16.2. The molecule has 0 aliphatic carbocycles. The summed E-state index contributed by atoms with van der Waals surface area (Å²) in [6.07, 6.45) is 0. The lowest BCUT2D eigenvalue weighted by atomic mass is 10.1. The van der Waals surface area contributed by atoms with Crippen LogP contribution >= 0.6 is 0 Å². The summed E-state index contributed by atoms with van der Waals surface area (Å²) in [4.78, 5) is 16.4. The first kappa shape index (κ1) is 15.6. The number of nitrogens with one attached hydrogen (secondary N) is 1. The van der Waals surface area contributed by atoms with Crippen LogP contribution in [0, 0.1) is 5.82 Å². The van der Waals surface area contributed by atoms with Gasteiger partial charge < -0.3 is 10.0 Å². The number of benzene rings is 1. The Morgan fingerprint density at radius 3 is 2.57 bits per heavy atom. The number of amides is 1. The van der Waals surface area contributed by atoms with Gasteiger partial charge in [-0.2, -0.15) is 5.10 Å². The molecule has 0 bridgehead atoms. The molecule has 23 heavy (non-hydrogen) atoms. The molecule has 1 aliphatic heterocycles. The Hall–Kier alpha value is -2.25. The van der Waals surface area contributed by atoms with E-state index in [-0.39, 0.29) is 18.3 Å². The number of aromatic nitrogens is 2. The van der Waals surface area contributed by atoms with E-state index in [1.54, 1.807) is 23.1 Å². The monoisotopic (exact) mass is 318 g/mol. The molecule has 2 N–H and O–H groups in total. The van der Waals surface area contributed by atoms with Crippen molar-refractivity contribution in [3.8, 4) is 11.3 Å². The minimum absolute atomic E-state index is 0.0884. The first-order valence-electron chi connectivity index (χ1n) is 7.61. The second kappa shape index (κ2) is 6.89. The van der Waals surface area contributed by atoms with E-state index in [1.165, 1.54) is 12.1 Å². The lowest BCUT2D eigenvalue weighted by Crippen LogP contribution is -2.49. The van der Waals surface area contributed by atoms with E-state index in [9.17, 15) is 9.18 Å². The van der Waals surface area contributed by atoms with Crippen LogP contribution in [0.2, 0.25) is 0 Å². The van der Waals surface area contributed by atoms with Crippen LogP contribution in [0.3, 0.4) is 0 Å². The first-order valence-corrected chi connectivity index (χ1v) is 7.61. The second-order valence-corrected chi connectivity index (χ2v) is 5.53. The average molecular weight is 318 g/mol. The molecule has 0 atom stereocenters. The zero-order valence-corrected chi connectivity index (χ0v) is 12.7. The molecule has 1 aromatic heterocycles. The molecule has 7 heteroatoms. The summed E-state index contributed by atoms with van der Waals surface area (Å²) >= 11 is 0. The number of H-pyrrole nitrogens is 1. The van der Waals surface area contributed by atoms with Crippen molar-refractivity contribution >= 4 is 5.91 Å². The molecule has 6 nitrogen and oxygen atoms in total. The molecular weight excluding hydrogens is 299 g/mol. The molecule has 0 radical (unpaired) electrons. The number of halogens is 1. The molecule has 1 aliphatic rings. The van der Waals surface area contributed by atoms with Crippen LogP contribution in [0.15, 0.2) is 30.3 Å². The van der Waals surface area contributed by atoms with E-state index >= 15 is 0 Å². The molecule has 1 amide bonds. The Morgan fingerprint density at radius 1 is 1.22 bits per heavy atom. The second-order valence-electron chi connectivity index (χ2n) is 5.53. The predicted molar refractivity (Wildman–Crippen MR) is 83.4 cm³/mol. The van der Waals surface area contributed by atoms with Crippen LogP contribution in [-0.4, -0.2) is 70.3 Å². The van der Waals surface area contributed by atoms with Crippen molar-refractivity contribution in [2.24, 2.45) is 0 Å². The van der Waals surface area contributed by atoms with E-state index < -0.39 is 0 Å². The fraction of sp³-hybridized carbons (Fsp3) is 0.375. The van der Waals surface area contributed by atoms with Crippen LogP contribution in [0.25, 0.3) is 11.3 Å². The molecule has 0 saturated carbocycles. The number of nitrogens with zero attached hydrogens (tertiary/aromatic N) is 3.